The van der Waals surface area contributed by atoms with E-state index in [4.69, 9.17) is 11.1 Å². The zero-order valence-corrected chi connectivity index (χ0v) is 26.6. The molecule has 0 spiro atoms. The summed E-state index contributed by atoms with van der Waals surface area (Å²) in [6, 6.07) is 19.5. The molecule has 2 amide bonds. The van der Waals surface area contributed by atoms with Gasteiger partial charge in [-0.2, -0.15) is 0 Å². The molecule has 0 aliphatic carbocycles. The van der Waals surface area contributed by atoms with E-state index in [1.54, 1.807) is 55.7 Å². The van der Waals surface area contributed by atoms with Crippen LogP contribution in [0, 0.1) is 23.6 Å². The molecule has 1 fully saturated rings. The number of rotatable bonds is 8. The molecule has 0 saturated carbocycles. The summed E-state index contributed by atoms with van der Waals surface area (Å²) in [7, 11) is 0. The zero-order valence-electron chi connectivity index (χ0n) is 26.6. The van der Waals surface area contributed by atoms with Gasteiger partial charge in [-0.15, -0.1) is 0 Å². The minimum absolute atomic E-state index is 0.0549. The molecule has 3 heterocycles. The van der Waals surface area contributed by atoms with Crippen LogP contribution in [0.1, 0.15) is 42.0 Å². The Kier molecular flexibility index (Phi) is 8.95. The predicted octanol–water partition coefficient (Wildman–Crippen LogP) is 5.56. The van der Waals surface area contributed by atoms with Crippen LogP contribution in [0.3, 0.4) is 0 Å². The van der Waals surface area contributed by atoms with Gasteiger partial charge < -0.3 is 16.0 Å². The van der Waals surface area contributed by atoms with Crippen molar-refractivity contribution in [3.05, 3.63) is 113 Å². The third kappa shape index (κ3) is 6.97. The van der Waals surface area contributed by atoms with Crippen molar-refractivity contribution >= 4 is 34.5 Å². The van der Waals surface area contributed by atoms with E-state index < -0.39 is 5.41 Å². The maximum atomic E-state index is 13.8. The van der Waals surface area contributed by atoms with Crippen LogP contribution in [0.15, 0.2) is 85.2 Å². The lowest BCUT2D eigenvalue weighted by Crippen LogP contribution is -2.43. The molecule has 2 aliphatic rings. The number of amides is 2. The summed E-state index contributed by atoms with van der Waals surface area (Å²) in [5.74, 6) is 0.260. The molecular weight excluding hydrogens is 593 g/mol. The summed E-state index contributed by atoms with van der Waals surface area (Å²) in [4.78, 5) is 39.3. The standard InChI is InChI=1S/C37H38FN7O2/c1-24-20-28(8-10-31(24)38)34(40)30-21-29(9-11-32(30)39)43-36(47)37(2)14-19-44(23-37)22-33(46)45-17-12-26(13-18-45)25-4-6-27(7-5-25)35-41-15-3-16-42-35/h3-12,15-16,20-21,40H,13-14,17-19,22-23,39H2,1-2H3,(H,43,47)/t37-/m1/s1. The van der Waals surface area contributed by atoms with Gasteiger partial charge in [-0.25, -0.2) is 14.4 Å². The van der Waals surface area contributed by atoms with Gasteiger partial charge >= 0.3 is 0 Å². The number of nitrogens with two attached hydrogens (primary N) is 1. The van der Waals surface area contributed by atoms with Crippen LogP contribution < -0.4 is 11.1 Å². The number of hydrogen-bond donors (Lipinski definition) is 3. The number of likely N-dealkylation sites (tertiary alicyclic amines) is 1. The van der Waals surface area contributed by atoms with Gasteiger partial charge in [0.25, 0.3) is 0 Å². The van der Waals surface area contributed by atoms with Gasteiger partial charge in [-0.05, 0) is 92.4 Å². The molecule has 47 heavy (non-hydrogen) atoms. The van der Waals surface area contributed by atoms with Crippen LogP contribution in [0.4, 0.5) is 15.8 Å². The summed E-state index contributed by atoms with van der Waals surface area (Å²) in [5, 5.41) is 11.7. The van der Waals surface area contributed by atoms with Crippen LogP contribution in [0.5, 0.6) is 0 Å². The molecule has 1 atom stereocenters. The van der Waals surface area contributed by atoms with Crippen molar-refractivity contribution < 1.29 is 14.0 Å². The number of anilines is 2. The quantitative estimate of drug-likeness (QED) is 0.173. The second kappa shape index (κ2) is 13.3. The van der Waals surface area contributed by atoms with Crippen LogP contribution in [0.25, 0.3) is 17.0 Å². The average Bonchev–Trinajstić information content (AvgIpc) is 3.48. The maximum absolute atomic E-state index is 13.8. The Morgan fingerprint density at radius 3 is 2.47 bits per heavy atom. The summed E-state index contributed by atoms with van der Waals surface area (Å²) in [5.41, 5.74) is 11.3. The Hall–Kier alpha value is -5.22. The van der Waals surface area contributed by atoms with Crippen LogP contribution in [0.2, 0.25) is 0 Å². The fourth-order valence-electron chi connectivity index (χ4n) is 6.20. The summed E-state index contributed by atoms with van der Waals surface area (Å²) in [6.07, 6.45) is 6.97. The molecule has 240 valence electrons. The lowest BCUT2D eigenvalue weighted by atomic mass is 9.88. The van der Waals surface area contributed by atoms with Crippen molar-refractivity contribution in [1.82, 2.24) is 19.8 Å². The van der Waals surface area contributed by atoms with Gasteiger partial charge in [-0.3, -0.25) is 19.9 Å². The molecule has 10 heteroatoms. The minimum Gasteiger partial charge on any atom is -0.398 e. The second-order valence-corrected chi connectivity index (χ2v) is 12.6. The first-order valence-corrected chi connectivity index (χ1v) is 15.7. The molecular formula is C37H38FN7O2. The van der Waals surface area contributed by atoms with Crippen LogP contribution in [-0.2, 0) is 9.59 Å². The molecule has 1 aromatic heterocycles. The van der Waals surface area contributed by atoms with E-state index in [9.17, 15) is 14.0 Å². The Bertz CT molecular complexity index is 1860. The molecule has 4 N–H and O–H groups in total. The topological polar surface area (TPSA) is 128 Å². The summed E-state index contributed by atoms with van der Waals surface area (Å²) < 4.78 is 13.8. The number of carbonyl (C=O) groups excluding carboxylic acids is 2. The molecule has 0 radical (unpaired) electrons. The maximum Gasteiger partial charge on any atom is 0.237 e. The first-order chi connectivity index (χ1) is 22.6. The molecule has 4 aromatic rings. The van der Waals surface area contributed by atoms with E-state index in [0.717, 1.165) is 17.5 Å². The average molecular weight is 632 g/mol. The lowest BCUT2D eigenvalue weighted by molar-refractivity contribution is -0.132. The Morgan fingerprint density at radius 2 is 1.77 bits per heavy atom. The first kappa shape index (κ1) is 31.7. The number of aromatic nitrogens is 2. The van der Waals surface area contributed by atoms with Crippen molar-refractivity contribution in [2.75, 3.05) is 43.8 Å². The summed E-state index contributed by atoms with van der Waals surface area (Å²) in [6.45, 7) is 6.13. The van der Waals surface area contributed by atoms with Crippen molar-refractivity contribution in [3.63, 3.8) is 0 Å². The van der Waals surface area contributed by atoms with Crippen molar-refractivity contribution in [2.45, 2.75) is 26.7 Å². The number of hydrogen-bond acceptors (Lipinski definition) is 7. The van der Waals surface area contributed by atoms with Crippen molar-refractivity contribution in [3.8, 4) is 11.4 Å². The SMILES string of the molecule is Cc1cc(C(=N)c2cc(NC(=O)[C@]3(C)CCN(CC(=O)N4CC=C(c5ccc(-c6ncccn6)cc5)CC4)C3)ccc2N)ccc1F. The molecule has 0 unspecified atom stereocenters. The first-order valence-electron chi connectivity index (χ1n) is 15.7. The van der Waals surface area contributed by atoms with E-state index >= 15 is 0 Å². The van der Waals surface area contributed by atoms with E-state index in [1.165, 1.54) is 11.6 Å². The normalized spacial score (nSPS) is 18.1. The van der Waals surface area contributed by atoms with Crippen LogP contribution in [-0.4, -0.2) is 70.0 Å². The third-order valence-electron chi connectivity index (χ3n) is 9.13. The smallest absolute Gasteiger partial charge is 0.237 e. The number of nitrogens with zero attached hydrogens (tertiary/aromatic N) is 4. The number of aryl methyl sites for hydroxylation is 1. The Morgan fingerprint density at radius 1 is 1.02 bits per heavy atom. The minimum atomic E-state index is -0.685. The number of carbonyl (C=O) groups is 2. The lowest BCUT2D eigenvalue weighted by Gasteiger charge is -2.29. The van der Waals surface area contributed by atoms with Crippen molar-refractivity contribution in [1.29, 1.82) is 5.41 Å². The number of nitrogens with one attached hydrogen (secondary N) is 2. The molecule has 0 bridgehead atoms. The van der Waals surface area contributed by atoms with Crippen LogP contribution >= 0.6 is 0 Å². The van der Waals surface area contributed by atoms with Gasteiger partial charge in [-0.1, -0.05) is 30.3 Å². The van der Waals surface area contributed by atoms with E-state index in [1.807, 2.05) is 28.9 Å². The number of nitrogen functional groups attached to an aromatic ring is 1. The van der Waals surface area contributed by atoms with Gasteiger partial charge in [0.15, 0.2) is 5.82 Å². The third-order valence-corrected chi connectivity index (χ3v) is 9.13. The highest BCUT2D eigenvalue weighted by Gasteiger charge is 2.41. The van der Waals surface area contributed by atoms with E-state index in [0.29, 0.717) is 66.5 Å². The summed E-state index contributed by atoms with van der Waals surface area (Å²) >= 11 is 0. The highest BCUT2D eigenvalue weighted by Crippen LogP contribution is 2.33. The van der Waals surface area contributed by atoms with Gasteiger partial charge in [0, 0.05) is 60.1 Å². The Labute approximate surface area is 273 Å². The van der Waals surface area contributed by atoms with Gasteiger partial charge in [0.1, 0.15) is 5.82 Å². The second-order valence-electron chi connectivity index (χ2n) is 12.6. The monoisotopic (exact) mass is 631 g/mol. The molecule has 2 aliphatic heterocycles. The van der Waals surface area contributed by atoms with Crippen molar-refractivity contribution in [2.24, 2.45) is 5.41 Å². The molecule has 3 aromatic carbocycles. The zero-order chi connectivity index (χ0) is 33.1. The molecule has 9 nitrogen and oxygen atoms in total. The highest BCUT2D eigenvalue weighted by molar-refractivity contribution is 6.14. The van der Waals surface area contributed by atoms with Gasteiger partial charge in [0.2, 0.25) is 11.8 Å². The largest absolute Gasteiger partial charge is 0.398 e. The highest BCUT2D eigenvalue weighted by atomic mass is 19.1. The fraction of sp³-hybridized carbons (Fsp3) is 0.270. The molecule has 1 saturated heterocycles. The van der Waals surface area contributed by atoms with E-state index in [2.05, 4.69) is 33.5 Å². The fourth-order valence-corrected chi connectivity index (χ4v) is 6.20. The Balaban J connectivity index is 1.03. The number of benzene rings is 3. The van der Waals surface area contributed by atoms with Gasteiger partial charge in [0.05, 0.1) is 17.7 Å². The molecule has 6 rings (SSSR count). The number of halogens is 1. The predicted molar refractivity (Wildman–Crippen MR) is 182 cm³/mol. The van der Waals surface area contributed by atoms with E-state index in [-0.39, 0.29) is 29.9 Å².